The summed E-state index contributed by atoms with van der Waals surface area (Å²) in [5, 5.41) is 2.90. The molecule has 0 bridgehead atoms. The van der Waals surface area contributed by atoms with Crippen LogP contribution in [0.25, 0.3) is 0 Å². The zero-order chi connectivity index (χ0) is 8.27. The van der Waals surface area contributed by atoms with Crippen molar-refractivity contribution >= 4 is 5.91 Å². The molecule has 1 aliphatic rings. The highest BCUT2D eigenvalue weighted by Crippen LogP contribution is 2.17. The van der Waals surface area contributed by atoms with Gasteiger partial charge in [-0.05, 0) is 25.7 Å². The van der Waals surface area contributed by atoms with Crippen LogP contribution in [-0.4, -0.2) is 18.0 Å². The normalized spacial score (nSPS) is 20.5. The fraction of sp³-hybridized carbons (Fsp3) is 0.875. The van der Waals surface area contributed by atoms with Gasteiger partial charge in [-0.1, -0.05) is 6.92 Å². The van der Waals surface area contributed by atoms with Gasteiger partial charge in [-0.25, -0.2) is 0 Å². The minimum atomic E-state index is -0.310. The smallest absolute Gasteiger partial charge is 0.237 e. The standard InChI is InChI=1S/C8H16N2O/c1-2-7(9)8(11)10-6-4-3-5-6/h6-7H,2-5,9H2,1H3,(H,10,11)/t7-/m1/s1. The molecule has 0 spiro atoms. The molecule has 1 saturated carbocycles. The van der Waals surface area contributed by atoms with Crippen molar-refractivity contribution in [2.75, 3.05) is 0 Å². The largest absolute Gasteiger partial charge is 0.352 e. The van der Waals surface area contributed by atoms with Crippen molar-refractivity contribution in [2.45, 2.75) is 44.7 Å². The lowest BCUT2D eigenvalue weighted by atomic mass is 9.93. The summed E-state index contributed by atoms with van der Waals surface area (Å²) in [6.07, 6.45) is 4.22. The van der Waals surface area contributed by atoms with Crippen molar-refractivity contribution in [1.29, 1.82) is 0 Å². The molecular formula is C8H16N2O. The lowest BCUT2D eigenvalue weighted by Crippen LogP contribution is -2.47. The first-order chi connectivity index (χ1) is 5.24. The maximum Gasteiger partial charge on any atom is 0.237 e. The van der Waals surface area contributed by atoms with Crippen LogP contribution >= 0.6 is 0 Å². The maximum atomic E-state index is 11.1. The Bertz CT molecular complexity index is 143. The number of amides is 1. The summed E-state index contributed by atoms with van der Waals surface area (Å²) in [7, 11) is 0. The first kappa shape index (κ1) is 8.53. The summed E-state index contributed by atoms with van der Waals surface area (Å²) < 4.78 is 0. The van der Waals surface area contributed by atoms with E-state index in [2.05, 4.69) is 5.32 Å². The molecular weight excluding hydrogens is 140 g/mol. The van der Waals surface area contributed by atoms with Crippen LogP contribution in [0, 0.1) is 0 Å². The van der Waals surface area contributed by atoms with Crippen LogP contribution in [0.2, 0.25) is 0 Å². The Kier molecular flexibility index (Phi) is 2.88. The van der Waals surface area contributed by atoms with Gasteiger partial charge in [-0.15, -0.1) is 0 Å². The van der Waals surface area contributed by atoms with Gasteiger partial charge in [-0.3, -0.25) is 4.79 Å². The van der Waals surface area contributed by atoms with Crippen LogP contribution < -0.4 is 11.1 Å². The zero-order valence-electron chi connectivity index (χ0n) is 6.97. The molecule has 0 saturated heterocycles. The molecule has 0 radical (unpaired) electrons. The van der Waals surface area contributed by atoms with Crippen LogP contribution in [-0.2, 0) is 4.79 Å². The fourth-order valence-electron chi connectivity index (χ4n) is 1.05. The molecule has 1 amide bonds. The average Bonchev–Trinajstić information content (AvgIpc) is 1.94. The third kappa shape index (κ3) is 2.19. The molecule has 11 heavy (non-hydrogen) atoms. The molecule has 3 nitrogen and oxygen atoms in total. The summed E-state index contributed by atoms with van der Waals surface area (Å²) in [6.45, 7) is 1.92. The Morgan fingerprint density at radius 1 is 1.73 bits per heavy atom. The number of nitrogens with one attached hydrogen (secondary N) is 1. The molecule has 0 aromatic carbocycles. The van der Waals surface area contributed by atoms with E-state index < -0.39 is 0 Å². The van der Waals surface area contributed by atoms with Gasteiger partial charge in [0.2, 0.25) is 5.91 Å². The molecule has 1 atom stereocenters. The van der Waals surface area contributed by atoms with Gasteiger partial charge in [0.15, 0.2) is 0 Å². The Morgan fingerprint density at radius 2 is 2.36 bits per heavy atom. The number of carbonyl (C=O) groups is 1. The average molecular weight is 156 g/mol. The predicted molar refractivity (Wildman–Crippen MR) is 44.0 cm³/mol. The number of carbonyl (C=O) groups excluding carboxylic acids is 1. The molecule has 1 fully saturated rings. The molecule has 0 aromatic rings. The van der Waals surface area contributed by atoms with Crippen molar-refractivity contribution in [3.8, 4) is 0 Å². The van der Waals surface area contributed by atoms with Crippen molar-refractivity contribution < 1.29 is 4.79 Å². The second kappa shape index (κ2) is 3.72. The van der Waals surface area contributed by atoms with E-state index in [9.17, 15) is 4.79 Å². The molecule has 3 N–H and O–H groups in total. The van der Waals surface area contributed by atoms with Crippen LogP contribution in [0.1, 0.15) is 32.6 Å². The Hall–Kier alpha value is -0.570. The van der Waals surface area contributed by atoms with Crippen LogP contribution in [0.15, 0.2) is 0 Å². The summed E-state index contributed by atoms with van der Waals surface area (Å²) in [5.74, 6) is 0.0113. The number of hydrogen-bond acceptors (Lipinski definition) is 2. The van der Waals surface area contributed by atoms with Gasteiger partial charge >= 0.3 is 0 Å². The maximum absolute atomic E-state index is 11.1. The molecule has 0 unspecified atom stereocenters. The summed E-state index contributed by atoms with van der Waals surface area (Å²) in [4.78, 5) is 11.1. The van der Waals surface area contributed by atoms with Gasteiger partial charge < -0.3 is 11.1 Å². The molecule has 1 aliphatic carbocycles. The van der Waals surface area contributed by atoms with Gasteiger partial charge in [0.25, 0.3) is 0 Å². The quantitative estimate of drug-likeness (QED) is 0.621. The zero-order valence-corrected chi connectivity index (χ0v) is 6.97. The summed E-state index contributed by atoms with van der Waals surface area (Å²) in [6, 6.07) is 0.107. The van der Waals surface area contributed by atoms with E-state index in [1.807, 2.05) is 6.92 Å². The predicted octanol–water partition coefficient (Wildman–Crippen LogP) is 0.392. The Balaban J connectivity index is 2.19. The Morgan fingerprint density at radius 3 is 2.73 bits per heavy atom. The van der Waals surface area contributed by atoms with Crippen molar-refractivity contribution in [3.63, 3.8) is 0 Å². The molecule has 3 heteroatoms. The van der Waals surface area contributed by atoms with Crippen molar-refractivity contribution in [3.05, 3.63) is 0 Å². The minimum Gasteiger partial charge on any atom is -0.352 e. The van der Waals surface area contributed by atoms with Crippen LogP contribution in [0.5, 0.6) is 0 Å². The van der Waals surface area contributed by atoms with E-state index in [1.165, 1.54) is 6.42 Å². The third-order valence-corrected chi connectivity index (χ3v) is 2.23. The first-order valence-corrected chi connectivity index (χ1v) is 4.30. The lowest BCUT2D eigenvalue weighted by molar-refractivity contribution is -0.123. The van der Waals surface area contributed by atoms with E-state index in [4.69, 9.17) is 5.73 Å². The molecule has 0 heterocycles. The molecule has 64 valence electrons. The van der Waals surface area contributed by atoms with E-state index in [1.54, 1.807) is 0 Å². The second-order valence-electron chi connectivity index (χ2n) is 3.15. The number of nitrogens with two attached hydrogens (primary N) is 1. The van der Waals surface area contributed by atoms with Crippen LogP contribution in [0.3, 0.4) is 0 Å². The topological polar surface area (TPSA) is 55.1 Å². The Labute approximate surface area is 67.3 Å². The van der Waals surface area contributed by atoms with Gasteiger partial charge in [0, 0.05) is 6.04 Å². The SMILES string of the molecule is CC[C@@H](N)C(=O)NC1CCC1. The minimum absolute atomic E-state index is 0.0113. The first-order valence-electron chi connectivity index (χ1n) is 4.30. The lowest BCUT2D eigenvalue weighted by Gasteiger charge is -2.27. The number of rotatable bonds is 3. The summed E-state index contributed by atoms with van der Waals surface area (Å²) >= 11 is 0. The van der Waals surface area contributed by atoms with Crippen LogP contribution in [0.4, 0.5) is 0 Å². The second-order valence-corrected chi connectivity index (χ2v) is 3.15. The molecule has 0 aromatic heterocycles. The van der Waals surface area contributed by atoms with Crippen molar-refractivity contribution in [2.24, 2.45) is 5.73 Å². The molecule has 0 aliphatic heterocycles. The van der Waals surface area contributed by atoms with Gasteiger partial charge in [-0.2, -0.15) is 0 Å². The van der Waals surface area contributed by atoms with Gasteiger partial charge in [0.05, 0.1) is 6.04 Å². The highest BCUT2D eigenvalue weighted by atomic mass is 16.2. The van der Waals surface area contributed by atoms with E-state index in [-0.39, 0.29) is 11.9 Å². The summed E-state index contributed by atoms with van der Waals surface area (Å²) in [5.41, 5.74) is 5.53. The highest BCUT2D eigenvalue weighted by molar-refractivity contribution is 5.81. The fourth-order valence-corrected chi connectivity index (χ4v) is 1.05. The van der Waals surface area contributed by atoms with E-state index >= 15 is 0 Å². The monoisotopic (exact) mass is 156 g/mol. The molecule has 1 rings (SSSR count). The van der Waals surface area contributed by atoms with Gasteiger partial charge in [0.1, 0.15) is 0 Å². The third-order valence-electron chi connectivity index (χ3n) is 2.23. The van der Waals surface area contributed by atoms with E-state index in [0.29, 0.717) is 6.04 Å². The van der Waals surface area contributed by atoms with E-state index in [0.717, 1.165) is 19.3 Å². The van der Waals surface area contributed by atoms with Crippen molar-refractivity contribution in [1.82, 2.24) is 5.32 Å². The number of hydrogen-bond donors (Lipinski definition) is 2. The highest BCUT2D eigenvalue weighted by Gasteiger charge is 2.21.